The van der Waals surface area contributed by atoms with Crippen LogP contribution in [0.3, 0.4) is 0 Å². The van der Waals surface area contributed by atoms with Gasteiger partial charge in [0.25, 0.3) is 0 Å². The maximum absolute atomic E-state index is 10.8. The van der Waals surface area contributed by atoms with Crippen LogP contribution in [0.2, 0.25) is 0 Å². The minimum absolute atomic E-state index is 0.00858. The fourth-order valence-electron chi connectivity index (χ4n) is 2.08. The molecule has 0 aliphatic heterocycles. The quantitative estimate of drug-likeness (QED) is 0.756. The Morgan fingerprint density at radius 3 is 2.35 bits per heavy atom. The van der Waals surface area contributed by atoms with Crippen LogP contribution in [-0.2, 0) is 5.41 Å². The number of carbonyl (C=O) groups is 1. The number of fused-ring (bicyclic) bond motifs is 1. The number of aldehydes is 1. The molecule has 0 amide bonds. The molecule has 2 rings (SSSR count). The standard InChI is InChI=1S/C15H16O2/c1-15(2,3)13-6-7-14(17)12-8-10(9-16)4-5-11(12)13/h4-9,17H,1-3H3. The van der Waals surface area contributed by atoms with E-state index in [1.807, 2.05) is 12.1 Å². The minimum Gasteiger partial charge on any atom is -0.507 e. The molecule has 2 heteroatoms. The maximum Gasteiger partial charge on any atom is 0.150 e. The molecule has 0 saturated carbocycles. The highest BCUT2D eigenvalue weighted by Crippen LogP contribution is 2.34. The molecule has 1 N–H and O–H groups in total. The zero-order valence-electron chi connectivity index (χ0n) is 10.3. The van der Waals surface area contributed by atoms with E-state index in [4.69, 9.17) is 0 Å². The van der Waals surface area contributed by atoms with Gasteiger partial charge < -0.3 is 5.11 Å². The van der Waals surface area contributed by atoms with Gasteiger partial charge in [0, 0.05) is 10.9 Å². The van der Waals surface area contributed by atoms with Crippen molar-refractivity contribution in [3.63, 3.8) is 0 Å². The van der Waals surface area contributed by atoms with Gasteiger partial charge in [-0.1, -0.05) is 39.0 Å². The summed E-state index contributed by atoms with van der Waals surface area (Å²) in [6.07, 6.45) is 0.794. The lowest BCUT2D eigenvalue weighted by Crippen LogP contribution is -2.11. The molecular weight excluding hydrogens is 212 g/mol. The van der Waals surface area contributed by atoms with Gasteiger partial charge in [-0.25, -0.2) is 0 Å². The van der Waals surface area contributed by atoms with E-state index in [0.29, 0.717) is 5.56 Å². The van der Waals surface area contributed by atoms with Crippen molar-refractivity contribution in [1.29, 1.82) is 0 Å². The molecule has 0 aromatic heterocycles. The smallest absolute Gasteiger partial charge is 0.150 e. The van der Waals surface area contributed by atoms with Crippen molar-refractivity contribution >= 4 is 17.1 Å². The minimum atomic E-state index is 0.00858. The number of phenolic OH excluding ortho intramolecular Hbond substituents is 1. The first-order chi connectivity index (χ1) is 7.93. The third-order valence-corrected chi connectivity index (χ3v) is 2.96. The largest absolute Gasteiger partial charge is 0.507 e. The number of hydrogen-bond acceptors (Lipinski definition) is 2. The second-order valence-electron chi connectivity index (χ2n) is 5.31. The molecule has 0 spiro atoms. The molecule has 88 valence electrons. The molecule has 2 nitrogen and oxygen atoms in total. The van der Waals surface area contributed by atoms with Gasteiger partial charge in [-0.05, 0) is 28.5 Å². The number of aromatic hydroxyl groups is 1. The summed E-state index contributed by atoms with van der Waals surface area (Å²) in [7, 11) is 0. The van der Waals surface area contributed by atoms with Gasteiger partial charge in [0.15, 0.2) is 0 Å². The molecule has 0 fully saturated rings. The average molecular weight is 228 g/mol. The average Bonchev–Trinajstić information content (AvgIpc) is 2.27. The maximum atomic E-state index is 10.8. The Bertz CT molecular complexity index is 577. The van der Waals surface area contributed by atoms with Gasteiger partial charge >= 0.3 is 0 Å². The van der Waals surface area contributed by atoms with Crippen molar-refractivity contribution in [2.75, 3.05) is 0 Å². The van der Waals surface area contributed by atoms with Crippen LogP contribution in [0, 0.1) is 0 Å². The monoisotopic (exact) mass is 228 g/mol. The van der Waals surface area contributed by atoms with Crippen molar-refractivity contribution in [3.05, 3.63) is 41.5 Å². The van der Waals surface area contributed by atoms with Gasteiger partial charge in [-0.15, -0.1) is 0 Å². The highest BCUT2D eigenvalue weighted by atomic mass is 16.3. The van der Waals surface area contributed by atoms with Gasteiger partial charge in [0.2, 0.25) is 0 Å². The van der Waals surface area contributed by atoms with Crippen LogP contribution in [-0.4, -0.2) is 11.4 Å². The lowest BCUT2D eigenvalue weighted by atomic mass is 9.83. The predicted octanol–water partition coefficient (Wildman–Crippen LogP) is 3.66. The Hall–Kier alpha value is -1.83. The Labute approximate surface area is 101 Å². The zero-order valence-corrected chi connectivity index (χ0v) is 10.3. The van der Waals surface area contributed by atoms with Crippen molar-refractivity contribution in [2.45, 2.75) is 26.2 Å². The fourth-order valence-corrected chi connectivity index (χ4v) is 2.08. The Balaban J connectivity index is 2.83. The normalized spacial score (nSPS) is 11.7. The van der Waals surface area contributed by atoms with Gasteiger partial charge in [-0.3, -0.25) is 4.79 Å². The zero-order chi connectivity index (χ0) is 12.6. The molecule has 0 heterocycles. The van der Waals surface area contributed by atoms with E-state index in [0.717, 1.165) is 17.1 Å². The summed E-state index contributed by atoms with van der Waals surface area (Å²) < 4.78 is 0. The third-order valence-electron chi connectivity index (χ3n) is 2.96. The van der Waals surface area contributed by atoms with Crippen molar-refractivity contribution in [3.8, 4) is 5.75 Å². The van der Waals surface area contributed by atoms with Crippen LogP contribution in [0.5, 0.6) is 5.75 Å². The van der Waals surface area contributed by atoms with Crippen LogP contribution in [0.25, 0.3) is 10.8 Å². The van der Waals surface area contributed by atoms with E-state index >= 15 is 0 Å². The molecular formula is C15H16O2. The third kappa shape index (κ3) is 2.03. The molecule has 2 aromatic carbocycles. The Kier molecular flexibility index (Phi) is 2.66. The molecule has 0 saturated heterocycles. The molecule has 17 heavy (non-hydrogen) atoms. The second kappa shape index (κ2) is 3.88. The number of carbonyl (C=O) groups excluding carboxylic acids is 1. The summed E-state index contributed by atoms with van der Waals surface area (Å²) in [5.74, 6) is 0.219. The van der Waals surface area contributed by atoms with Crippen molar-refractivity contribution in [2.24, 2.45) is 0 Å². The van der Waals surface area contributed by atoms with Crippen molar-refractivity contribution in [1.82, 2.24) is 0 Å². The summed E-state index contributed by atoms with van der Waals surface area (Å²) in [6.45, 7) is 6.39. The van der Waals surface area contributed by atoms with Gasteiger partial charge in [0.1, 0.15) is 12.0 Å². The first-order valence-electron chi connectivity index (χ1n) is 5.65. The van der Waals surface area contributed by atoms with Crippen LogP contribution in [0.15, 0.2) is 30.3 Å². The molecule has 0 unspecified atom stereocenters. The van der Waals surface area contributed by atoms with E-state index in [1.54, 1.807) is 18.2 Å². The molecule has 0 aliphatic rings. The highest BCUT2D eigenvalue weighted by molar-refractivity contribution is 5.95. The number of benzene rings is 2. The summed E-state index contributed by atoms with van der Waals surface area (Å²) in [5, 5.41) is 11.6. The first-order valence-corrected chi connectivity index (χ1v) is 5.65. The van der Waals surface area contributed by atoms with Gasteiger partial charge in [0.05, 0.1) is 0 Å². The van der Waals surface area contributed by atoms with Crippen LogP contribution in [0.4, 0.5) is 0 Å². The lowest BCUT2D eigenvalue weighted by molar-refractivity contribution is 0.112. The van der Waals surface area contributed by atoms with E-state index in [1.165, 1.54) is 5.56 Å². The lowest BCUT2D eigenvalue weighted by Gasteiger charge is -2.21. The van der Waals surface area contributed by atoms with E-state index in [2.05, 4.69) is 20.8 Å². The van der Waals surface area contributed by atoms with E-state index < -0.39 is 0 Å². The van der Waals surface area contributed by atoms with E-state index in [-0.39, 0.29) is 11.2 Å². The predicted molar refractivity (Wildman–Crippen MR) is 69.7 cm³/mol. The first kappa shape index (κ1) is 11.6. The fraction of sp³-hybridized carbons (Fsp3) is 0.267. The summed E-state index contributed by atoms with van der Waals surface area (Å²) in [4.78, 5) is 10.8. The number of phenols is 1. The molecule has 0 aliphatic carbocycles. The SMILES string of the molecule is CC(C)(C)c1ccc(O)c2cc(C=O)ccc12. The van der Waals surface area contributed by atoms with Crippen LogP contribution in [0.1, 0.15) is 36.7 Å². The Morgan fingerprint density at radius 2 is 1.76 bits per heavy atom. The highest BCUT2D eigenvalue weighted by Gasteiger charge is 2.17. The topological polar surface area (TPSA) is 37.3 Å². The summed E-state index contributed by atoms with van der Waals surface area (Å²) in [5.41, 5.74) is 1.76. The van der Waals surface area contributed by atoms with Crippen molar-refractivity contribution < 1.29 is 9.90 Å². The Morgan fingerprint density at radius 1 is 1.06 bits per heavy atom. The van der Waals surface area contributed by atoms with E-state index in [9.17, 15) is 9.90 Å². The summed E-state index contributed by atoms with van der Waals surface area (Å²) in [6, 6.07) is 9.05. The molecule has 0 radical (unpaired) electrons. The second-order valence-corrected chi connectivity index (χ2v) is 5.31. The number of hydrogen-bond donors (Lipinski definition) is 1. The van der Waals surface area contributed by atoms with Crippen LogP contribution >= 0.6 is 0 Å². The molecule has 2 aromatic rings. The van der Waals surface area contributed by atoms with Gasteiger partial charge in [-0.2, -0.15) is 0 Å². The number of rotatable bonds is 1. The molecule has 0 atom stereocenters. The van der Waals surface area contributed by atoms with Crippen LogP contribution < -0.4 is 0 Å². The summed E-state index contributed by atoms with van der Waals surface area (Å²) >= 11 is 0. The molecule has 0 bridgehead atoms.